The van der Waals surface area contributed by atoms with Crippen LogP contribution in [0.2, 0.25) is 0 Å². The van der Waals surface area contributed by atoms with E-state index in [4.69, 9.17) is 0 Å². The summed E-state index contributed by atoms with van der Waals surface area (Å²) in [6.07, 6.45) is 0. The molecule has 7 heteroatoms. The molecule has 1 saturated heterocycles. The number of carbonyl (C=O) groups is 1. The van der Waals surface area contributed by atoms with Crippen molar-refractivity contribution in [2.45, 2.75) is 6.04 Å². The first-order chi connectivity index (χ1) is 10.4. The van der Waals surface area contributed by atoms with Crippen LogP contribution in [0.5, 0.6) is 5.75 Å². The van der Waals surface area contributed by atoms with Crippen molar-refractivity contribution < 1.29 is 18.3 Å². The minimum atomic E-state index is -1.19. The molecule has 0 bridgehead atoms. The molecule has 1 N–H and O–H groups in total. The molecule has 0 radical (unpaired) electrons. The number of likely N-dealkylation sites (N-methyl/N-ethyl adjacent to an activating group) is 2. The van der Waals surface area contributed by atoms with Gasteiger partial charge in [0.2, 0.25) is 5.82 Å². The first kappa shape index (κ1) is 16.6. The van der Waals surface area contributed by atoms with Crippen molar-refractivity contribution in [3.8, 4) is 5.75 Å². The average Bonchev–Trinajstić information content (AvgIpc) is 2.50. The summed E-state index contributed by atoms with van der Waals surface area (Å²) in [5.41, 5.74) is -0.315. The first-order valence-electron chi connectivity index (χ1n) is 7.13. The van der Waals surface area contributed by atoms with Crippen molar-refractivity contribution >= 4 is 5.91 Å². The van der Waals surface area contributed by atoms with Crippen molar-refractivity contribution in [3.63, 3.8) is 0 Å². The van der Waals surface area contributed by atoms with E-state index in [1.807, 2.05) is 14.1 Å². The fraction of sp³-hybridized carbons (Fsp3) is 0.533. The normalized spacial score (nSPS) is 20.0. The van der Waals surface area contributed by atoms with Crippen molar-refractivity contribution in [1.29, 1.82) is 0 Å². The molecule has 1 amide bonds. The van der Waals surface area contributed by atoms with E-state index in [0.717, 1.165) is 19.6 Å². The van der Waals surface area contributed by atoms with Crippen molar-refractivity contribution in [3.05, 3.63) is 29.3 Å². The van der Waals surface area contributed by atoms with Crippen LogP contribution in [0.3, 0.4) is 0 Å². The molecule has 1 aromatic rings. The highest BCUT2D eigenvalue weighted by atomic mass is 19.2. The summed E-state index contributed by atoms with van der Waals surface area (Å²) in [4.78, 5) is 16.4. The van der Waals surface area contributed by atoms with Crippen LogP contribution in [0.25, 0.3) is 0 Å². The first-order valence-corrected chi connectivity index (χ1v) is 7.13. The third kappa shape index (κ3) is 3.53. The average molecular weight is 313 g/mol. The van der Waals surface area contributed by atoms with E-state index in [-0.39, 0.29) is 17.4 Å². The summed E-state index contributed by atoms with van der Waals surface area (Å²) in [7, 11) is 5.24. The van der Waals surface area contributed by atoms with Crippen LogP contribution in [0.4, 0.5) is 8.78 Å². The van der Waals surface area contributed by atoms with E-state index >= 15 is 0 Å². The molecule has 1 atom stereocenters. The Morgan fingerprint density at radius 1 is 1.32 bits per heavy atom. The van der Waals surface area contributed by atoms with Gasteiger partial charge in [-0.15, -0.1) is 0 Å². The standard InChI is InChI=1S/C15H21F2N3O2/c1-19-6-7-20(2)10(9-19)8-18-15(21)11-4-5-12(22-3)14(17)13(11)16/h4-5,10H,6-9H2,1-3H3,(H,18,21)/t10-/m0/s1. The predicted octanol–water partition coefficient (Wildman–Crippen LogP) is 0.949. The SMILES string of the molecule is COc1ccc(C(=O)NC[C@H]2CN(C)CCN2C)c(F)c1F. The number of benzene rings is 1. The molecule has 1 fully saturated rings. The number of carbonyl (C=O) groups excluding carboxylic acids is 1. The van der Waals surface area contributed by atoms with Crippen molar-refractivity contribution in [1.82, 2.24) is 15.1 Å². The number of rotatable bonds is 4. The maximum absolute atomic E-state index is 13.9. The van der Waals surface area contributed by atoms with Gasteiger partial charge in [-0.1, -0.05) is 0 Å². The molecule has 1 aliphatic heterocycles. The Hall–Kier alpha value is -1.73. The Bertz CT molecular complexity index is 554. The lowest BCUT2D eigenvalue weighted by Crippen LogP contribution is -2.54. The van der Waals surface area contributed by atoms with Gasteiger partial charge in [0, 0.05) is 32.2 Å². The van der Waals surface area contributed by atoms with Crippen LogP contribution < -0.4 is 10.1 Å². The molecular formula is C15H21F2N3O2. The van der Waals surface area contributed by atoms with Gasteiger partial charge in [-0.2, -0.15) is 4.39 Å². The Morgan fingerprint density at radius 3 is 2.73 bits per heavy atom. The largest absolute Gasteiger partial charge is 0.494 e. The summed E-state index contributed by atoms with van der Waals surface area (Å²) in [6.45, 7) is 3.07. The number of nitrogens with zero attached hydrogens (tertiary/aromatic N) is 2. The molecule has 5 nitrogen and oxygen atoms in total. The van der Waals surface area contributed by atoms with Gasteiger partial charge in [-0.05, 0) is 26.2 Å². The number of ether oxygens (including phenoxy) is 1. The molecule has 0 spiro atoms. The third-order valence-corrected chi connectivity index (χ3v) is 3.99. The molecule has 2 rings (SSSR count). The second-order valence-electron chi connectivity index (χ2n) is 5.55. The van der Waals surface area contributed by atoms with E-state index in [1.54, 1.807) is 0 Å². The second-order valence-corrected chi connectivity index (χ2v) is 5.55. The Balaban J connectivity index is 2.02. The molecule has 0 unspecified atom stereocenters. The summed E-state index contributed by atoms with van der Waals surface area (Å²) < 4.78 is 32.2. The number of methoxy groups -OCH3 is 1. The lowest BCUT2D eigenvalue weighted by molar-refractivity contribution is 0.0876. The van der Waals surface area contributed by atoms with Gasteiger partial charge in [0.15, 0.2) is 11.6 Å². The van der Waals surface area contributed by atoms with Gasteiger partial charge in [0.1, 0.15) is 0 Å². The zero-order valence-corrected chi connectivity index (χ0v) is 13.0. The maximum atomic E-state index is 13.9. The van der Waals surface area contributed by atoms with E-state index < -0.39 is 17.5 Å². The molecule has 1 aliphatic rings. The molecule has 0 saturated carbocycles. The van der Waals surface area contributed by atoms with Gasteiger partial charge >= 0.3 is 0 Å². The minimum Gasteiger partial charge on any atom is -0.494 e. The summed E-state index contributed by atoms with van der Waals surface area (Å²) in [5.74, 6) is -3.18. The number of nitrogens with one attached hydrogen (secondary N) is 1. The highest BCUT2D eigenvalue weighted by molar-refractivity contribution is 5.94. The molecule has 0 aliphatic carbocycles. The molecule has 0 aromatic heterocycles. The summed E-state index contributed by atoms with van der Waals surface area (Å²) >= 11 is 0. The Kier molecular flexibility index (Phi) is 5.31. The monoisotopic (exact) mass is 313 g/mol. The summed E-state index contributed by atoms with van der Waals surface area (Å²) in [5, 5.41) is 2.67. The molecular weight excluding hydrogens is 292 g/mol. The van der Waals surface area contributed by atoms with Gasteiger partial charge < -0.3 is 15.0 Å². The zero-order chi connectivity index (χ0) is 16.3. The lowest BCUT2D eigenvalue weighted by atomic mass is 10.1. The highest BCUT2D eigenvalue weighted by Gasteiger charge is 2.24. The van der Waals surface area contributed by atoms with Crippen molar-refractivity contribution in [2.75, 3.05) is 47.4 Å². The lowest BCUT2D eigenvalue weighted by Gasteiger charge is -2.37. The molecule has 1 heterocycles. The number of hydrogen-bond donors (Lipinski definition) is 1. The number of amides is 1. The highest BCUT2D eigenvalue weighted by Crippen LogP contribution is 2.22. The quantitative estimate of drug-likeness (QED) is 0.899. The number of piperazine rings is 1. The van der Waals surface area contributed by atoms with Gasteiger partial charge in [0.25, 0.3) is 5.91 Å². The van der Waals surface area contributed by atoms with Crippen LogP contribution in [-0.2, 0) is 0 Å². The van der Waals surface area contributed by atoms with E-state index in [9.17, 15) is 13.6 Å². The predicted molar refractivity (Wildman–Crippen MR) is 79.2 cm³/mol. The topological polar surface area (TPSA) is 44.8 Å². The number of halogens is 2. The van der Waals surface area contributed by atoms with Crippen molar-refractivity contribution in [2.24, 2.45) is 0 Å². The van der Waals surface area contributed by atoms with E-state index in [1.165, 1.54) is 19.2 Å². The smallest absolute Gasteiger partial charge is 0.254 e. The van der Waals surface area contributed by atoms with Crippen LogP contribution in [0.15, 0.2) is 12.1 Å². The molecule has 1 aromatic carbocycles. The van der Waals surface area contributed by atoms with Crippen LogP contribution >= 0.6 is 0 Å². The van der Waals surface area contributed by atoms with Gasteiger partial charge in [-0.25, -0.2) is 4.39 Å². The Labute approximate surface area is 128 Å². The molecule has 22 heavy (non-hydrogen) atoms. The fourth-order valence-corrected chi connectivity index (χ4v) is 2.49. The van der Waals surface area contributed by atoms with Crippen LogP contribution in [-0.4, -0.2) is 69.1 Å². The van der Waals surface area contributed by atoms with Crippen LogP contribution in [0, 0.1) is 11.6 Å². The maximum Gasteiger partial charge on any atom is 0.254 e. The van der Waals surface area contributed by atoms with Gasteiger partial charge in [0.05, 0.1) is 12.7 Å². The molecule has 122 valence electrons. The zero-order valence-electron chi connectivity index (χ0n) is 13.0. The number of hydrogen-bond acceptors (Lipinski definition) is 4. The minimum absolute atomic E-state index is 0.147. The van der Waals surface area contributed by atoms with Gasteiger partial charge in [-0.3, -0.25) is 9.69 Å². The van der Waals surface area contributed by atoms with Crippen LogP contribution in [0.1, 0.15) is 10.4 Å². The summed E-state index contributed by atoms with van der Waals surface area (Å²) in [6, 6.07) is 2.62. The van der Waals surface area contributed by atoms with E-state index in [2.05, 4.69) is 19.9 Å². The fourth-order valence-electron chi connectivity index (χ4n) is 2.49. The second kappa shape index (κ2) is 7.02. The Morgan fingerprint density at radius 2 is 2.05 bits per heavy atom. The third-order valence-electron chi connectivity index (χ3n) is 3.99. The van der Waals surface area contributed by atoms with E-state index in [0.29, 0.717) is 6.54 Å².